The summed E-state index contributed by atoms with van der Waals surface area (Å²) in [5, 5.41) is 10.4. The average Bonchev–Trinajstić information content (AvgIpc) is 3.61. The predicted molar refractivity (Wildman–Crippen MR) is 203 cm³/mol. The fourth-order valence-electron chi connectivity index (χ4n) is 5.07. The first-order chi connectivity index (χ1) is 23.0. The lowest BCUT2D eigenvalue weighted by atomic mass is 10.0. The number of nitrogens with one attached hydrogen (secondary N) is 3. The van der Waals surface area contributed by atoms with Gasteiger partial charge in [0.05, 0.1) is 24.3 Å². The predicted octanol–water partition coefficient (Wildman–Crippen LogP) is 6.20. The van der Waals surface area contributed by atoms with Gasteiger partial charge in [0.25, 0.3) is 0 Å². The summed E-state index contributed by atoms with van der Waals surface area (Å²) >= 11 is 0. The summed E-state index contributed by atoms with van der Waals surface area (Å²) in [6, 6.07) is 17.4. The Balaban J connectivity index is 0.00000379. The van der Waals surface area contributed by atoms with E-state index in [0.717, 1.165) is 66.3 Å². The quantitative estimate of drug-likeness (QED) is 0.0498. The van der Waals surface area contributed by atoms with E-state index in [1.54, 1.807) is 12.3 Å². The maximum Gasteiger partial charge on any atom is 0.194 e. The number of likely N-dealkylation sites (N-methyl/N-ethyl adjacent to an activating group) is 1. The number of nitrogens with zero attached hydrogens (tertiary/aromatic N) is 4. The van der Waals surface area contributed by atoms with Crippen molar-refractivity contribution in [2.45, 2.75) is 65.6 Å². The summed E-state index contributed by atoms with van der Waals surface area (Å²) < 4.78 is 0. The molecule has 2 aromatic rings. The molecule has 2 radical (unpaired) electrons. The van der Waals surface area contributed by atoms with Crippen LogP contribution in [0.2, 0.25) is 0 Å². The van der Waals surface area contributed by atoms with Gasteiger partial charge in [-0.25, -0.2) is 4.99 Å². The van der Waals surface area contributed by atoms with Crippen LogP contribution in [-0.2, 0) is 11.3 Å². The van der Waals surface area contributed by atoms with Crippen molar-refractivity contribution in [2.75, 3.05) is 39.8 Å². The van der Waals surface area contributed by atoms with Crippen LogP contribution in [0.4, 0.5) is 0 Å². The van der Waals surface area contributed by atoms with E-state index >= 15 is 0 Å². The number of aliphatic imine (C=N–C) groups is 1. The van der Waals surface area contributed by atoms with Crippen LogP contribution in [-0.4, -0.2) is 78.4 Å². The monoisotopic (exact) mass is 651 g/mol. The van der Waals surface area contributed by atoms with Gasteiger partial charge in [-0.15, -0.1) is 12.3 Å². The highest BCUT2D eigenvalue weighted by atomic mass is 16.1. The van der Waals surface area contributed by atoms with Crippen LogP contribution in [0, 0.1) is 24.3 Å². The Kier molecular flexibility index (Phi) is 17.3. The number of likely N-dealkylation sites (tertiary alicyclic amines) is 1. The minimum Gasteiger partial charge on any atom is -0.376 e. The van der Waals surface area contributed by atoms with E-state index in [0.29, 0.717) is 26.2 Å². The Bertz CT molecular complexity index is 1440. The Morgan fingerprint density at radius 3 is 2.60 bits per heavy atom. The van der Waals surface area contributed by atoms with Gasteiger partial charge in [-0.1, -0.05) is 49.1 Å². The molecule has 1 aliphatic rings. The molecule has 1 fully saturated rings. The lowest BCUT2D eigenvalue weighted by Crippen LogP contribution is -2.58. The van der Waals surface area contributed by atoms with E-state index in [1.165, 1.54) is 5.57 Å². The first-order valence-electron chi connectivity index (χ1n) is 16.4. The largest absolute Gasteiger partial charge is 0.376 e. The fraction of sp³-hybridized carbons (Fsp3) is 0.400. The van der Waals surface area contributed by atoms with E-state index < -0.39 is 5.54 Å². The lowest BCUT2D eigenvalue weighted by molar-refractivity contribution is -0.112. The SMILES string of the molecule is C=C(C)C.C=C=C(CN=C(NCC(C)(C=O)N[C@H](C)/C(=C/C)N(C)Cc1c#c[c]c[c]1)N1CCCC1)NC/C(C=C)=C/c1cccnc1.[HH].[HH]. The van der Waals surface area contributed by atoms with Gasteiger partial charge in [-0.05, 0) is 82.9 Å². The third-order valence-electron chi connectivity index (χ3n) is 7.41. The molecular weight excluding hydrogens is 594 g/mol. The number of carbonyl (C=O) groups excluding carboxylic acids is 1. The molecule has 1 saturated heterocycles. The van der Waals surface area contributed by atoms with Crippen molar-refractivity contribution in [1.82, 2.24) is 30.7 Å². The molecular formula is C40H57N7O. The first-order valence-corrected chi connectivity index (χ1v) is 16.4. The van der Waals surface area contributed by atoms with Crippen molar-refractivity contribution in [3.8, 4) is 0 Å². The van der Waals surface area contributed by atoms with E-state index in [2.05, 4.69) is 93.5 Å². The smallest absolute Gasteiger partial charge is 0.194 e. The number of allylic oxidation sites excluding steroid dienone is 2. The summed E-state index contributed by atoms with van der Waals surface area (Å²) in [7, 11) is 2.02. The standard InChI is InChI=1S/C36H45N7O.C4H8.2H2/c1-7-30(22-32-18-15-19-37-23-32)24-38-33(8-2)25-39-35(43-20-13-14-21-43)40-27-36(5,28-44)41-29(4)34(9-3)42(6)26-31-16-11-10-12-17-31;1-4(2)3;;/h7,9,11,15,18-19,22-23,28-29,38,41H,1-2,13-14,20-21,24-27H2,3-6H3,(H,39,40);1H2,2-3H3;2*1H/b30-22+,34-9-;;;/t29-,36?;;;/m1.../s1. The highest BCUT2D eigenvalue weighted by molar-refractivity contribution is 5.81. The molecule has 1 unspecified atom stereocenters. The number of pyridine rings is 1. The van der Waals surface area contributed by atoms with Crippen molar-refractivity contribution in [1.29, 1.82) is 0 Å². The van der Waals surface area contributed by atoms with Crippen LogP contribution in [0.1, 0.15) is 61.4 Å². The molecule has 0 aliphatic carbocycles. The zero-order valence-electron chi connectivity index (χ0n) is 29.7. The second kappa shape index (κ2) is 21.1. The minimum atomic E-state index is -0.839. The normalized spacial score (nSPS) is 15.0. The first kappa shape index (κ1) is 39.3. The van der Waals surface area contributed by atoms with Crippen LogP contribution in [0.25, 0.3) is 6.08 Å². The van der Waals surface area contributed by atoms with Crippen molar-refractivity contribution >= 4 is 18.3 Å². The molecule has 258 valence electrons. The number of guanidine groups is 1. The second-order valence-electron chi connectivity index (χ2n) is 12.2. The molecule has 3 N–H and O–H groups in total. The summed E-state index contributed by atoms with van der Waals surface area (Å²) in [6.45, 7) is 25.0. The Morgan fingerprint density at radius 1 is 1.31 bits per heavy atom. The van der Waals surface area contributed by atoms with Gasteiger partial charge in [0, 0.05) is 71.8 Å². The third kappa shape index (κ3) is 14.3. The topological polar surface area (TPSA) is 84.9 Å². The number of hydrogen-bond donors (Lipinski definition) is 3. The maximum absolute atomic E-state index is 12.4. The van der Waals surface area contributed by atoms with Gasteiger partial charge in [-0.3, -0.25) is 10.3 Å². The van der Waals surface area contributed by atoms with Crippen LogP contribution in [0.5, 0.6) is 0 Å². The third-order valence-corrected chi connectivity index (χ3v) is 7.41. The van der Waals surface area contributed by atoms with Gasteiger partial charge >= 0.3 is 0 Å². The van der Waals surface area contributed by atoms with Crippen LogP contribution in [0.3, 0.4) is 0 Å². The molecule has 1 aromatic carbocycles. The van der Waals surface area contributed by atoms with E-state index in [1.807, 2.05) is 65.2 Å². The Morgan fingerprint density at radius 2 is 2.04 bits per heavy atom. The Labute approximate surface area is 292 Å². The van der Waals surface area contributed by atoms with Crippen LogP contribution in [0.15, 0.2) is 95.7 Å². The maximum atomic E-state index is 12.4. The van der Waals surface area contributed by atoms with Crippen molar-refractivity contribution in [3.63, 3.8) is 0 Å². The zero-order valence-corrected chi connectivity index (χ0v) is 29.7. The molecule has 48 heavy (non-hydrogen) atoms. The van der Waals surface area contributed by atoms with Crippen molar-refractivity contribution in [3.05, 3.63) is 126 Å². The van der Waals surface area contributed by atoms with E-state index in [9.17, 15) is 4.79 Å². The molecule has 3 rings (SSSR count). The van der Waals surface area contributed by atoms with Gasteiger partial charge in [0.1, 0.15) is 6.29 Å². The number of rotatable bonds is 16. The molecule has 0 amide bonds. The van der Waals surface area contributed by atoms with E-state index in [4.69, 9.17) is 4.99 Å². The zero-order chi connectivity index (χ0) is 35.4. The molecule has 0 spiro atoms. The molecule has 8 nitrogen and oxygen atoms in total. The van der Waals surface area contributed by atoms with Crippen LogP contribution < -0.4 is 16.0 Å². The molecule has 1 aliphatic heterocycles. The molecule has 2 atom stereocenters. The van der Waals surface area contributed by atoms with E-state index in [-0.39, 0.29) is 8.90 Å². The average molecular weight is 652 g/mol. The lowest BCUT2D eigenvalue weighted by Gasteiger charge is -2.35. The number of carbonyl (C=O) groups is 1. The van der Waals surface area contributed by atoms with Crippen molar-refractivity contribution < 1.29 is 7.65 Å². The highest BCUT2D eigenvalue weighted by Crippen LogP contribution is 2.15. The van der Waals surface area contributed by atoms with Gasteiger partial charge in [-0.2, -0.15) is 0 Å². The number of aromatic nitrogens is 1. The molecule has 2 heterocycles. The molecule has 0 bridgehead atoms. The van der Waals surface area contributed by atoms with Gasteiger partial charge in [0.2, 0.25) is 0 Å². The van der Waals surface area contributed by atoms with Crippen molar-refractivity contribution in [2.24, 2.45) is 4.99 Å². The minimum absolute atomic E-state index is 0. The summed E-state index contributed by atoms with van der Waals surface area (Å²) in [5.74, 6) is 0.765. The van der Waals surface area contributed by atoms with Gasteiger partial charge in [0.15, 0.2) is 5.96 Å². The van der Waals surface area contributed by atoms with Gasteiger partial charge < -0.3 is 25.2 Å². The second-order valence-corrected chi connectivity index (χ2v) is 12.2. The number of hydrogen-bond acceptors (Lipinski definition) is 6. The molecule has 1 aromatic heterocycles. The van der Waals surface area contributed by atoms with Crippen LogP contribution >= 0.6 is 0 Å². The summed E-state index contributed by atoms with van der Waals surface area (Å²) in [5.41, 5.74) is 8.07. The Hall–Kier alpha value is -4.83. The molecule has 8 heteroatoms. The summed E-state index contributed by atoms with van der Waals surface area (Å²) in [6.07, 6.45) is 12.7. The molecule has 0 saturated carbocycles. The highest BCUT2D eigenvalue weighted by Gasteiger charge is 2.29. The summed E-state index contributed by atoms with van der Waals surface area (Å²) in [4.78, 5) is 25.9. The fourth-order valence-corrected chi connectivity index (χ4v) is 5.07. The number of aldehydes is 1.